The Morgan fingerprint density at radius 2 is 1.70 bits per heavy atom. The van der Waals surface area contributed by atoms with Crippen molar-refractivity contribution in [2.75, 3.05) is 13.1 Å². The first kappa shape index (κ1) is 26.6. The van der Waals surface area contributed by atoms with Gasteiger partial charge in [-0.3, -0.25) is 19.0 Å². The summed E-state index contributed by atoms with van der Waals surface area (Å²) in [4.78, 5) is 41.2. The van der Waals surface area contributed by atoms with Crippen LogP contribution in [-0.4, -0.2) is 34.2 Å². The molecule has 0 bridgehead atoms. The molecule has 0 atom stereocenters. The first-order chi connectivity index (χ1) is 17.5. The number of Topliss-reactive ketones (excluding diaryl/α,β-unsaturated/α-hetero) is 1. The number of alkyl halides is 3. The maximum atomic E-state index is 13.3. The minimum absolute atomic E-state index is 0.203. The number of aryl methyl sites for hydroxylation is 1. The Morgan fingerprint density at radius 1 is 1.05 bits per heavy atom. The molecule has 0 saturated carbocycles. The third kappa shape index (κ3) is 6.28. The van der Waals surface area contributed by atoms with Gasteiger partial charge in [0.2, 0.25) is 5.91 Å². The van der Waals surface area contributed by atoms with Crippen LogP contribution in [0.3, 0.4) is 0 Å². The van der Waals surface area contributed by atoms with Crippen LogP contribution in [0.15, 0.2) is 53.3 Å². The molecule has 1 aromatic heterocycles. The number of amides is 1. The number of benzene rings is 2. The van der Waals surface area contributed by atoms with Gasteiger partial charge in [0.05, 0.1) is 10.1 Å². The van der Waals surface area contributed by atoms with Crippen LogP contribution in [-0.2, 0) is 17.5 Å². The maximum Gasteiger partial charge on any atom is 0.416 e. The number of hydrogen-bond donors (Lipinski definition) is 0. The fourth-order valence-electron chi connectivity index (χ4n) is 4.25. The highest BCUT2D eigenvalue weighted by molar-refractivity contribution is 7.07. The summed E-state index contributed by atoms with van der Waals surface area (Å²) in [7, 11) is 0. The molecule has 0 aliphatic carbocycles. The number of hydrogen-bond acceptors (Lipinski definition) is 4. The van der Waals surface area contributed by atoms with Gasteiger partial charge in [-0.05, 0) is 55.0 Å². The summed E-state index contributed by atoms with van der Waals surface area (Å²) in [5.41, 5.74) is 0.426. The Hall–Kier alpha value is -3.46. The molecule has 1 saturated heterocycles. The van der Waals surface area contributed by atoms with Gasteiger partial charge >= 0.3 is 6.18 Å². The molecule has 0 spiro atoms. The van der Waals surface area contributed by atoms with E-state index in [1.54, 1.807) is 17.0 Å². The molecule has 37 heavy (non-hydrogen) atoms. The van der Waals surface area contributed by atoms with Gasteiger partial charge in [0.25, 0.3) is 5.56 Å². The van der Waals surface area contributed by atoms with E-state index in [0.29, 0.717) is 34.8 Å². The number of thiazole rings is 1. The molecule has 3 aromatic rings. The third-order valence-electron chi connectivity index (χ3n) is 6.57. The van der Waals surface area contributed by atoms with E-state index in [-0.39, 0.29) is 22.8 Å². The summed E-state index contributed by atoms with van der Waals surface area (Å²) in [6.07, 6.45) is 0.152. The van der Waals surface area contributed by atoms with Gasteiger partial charge < -0.3 is 4.90 Å². The highest BCUT2D eigenvalue weighted by Gasteiger charge is 2.29. The molecular weight excluding hydrogens is 501 g/mol. The number of aromatic nitrogens is 1. The van der Waals surface area contributed by atoms with Crippen LogP contribution in [0.4, 0.5) is 13.2 Å². The Kier molecular flexibility index (Phi) is 7.82. The van der Waals surface area contributed by atoms with Gasteiger partial charge in [-0.15, -0.1) is 11.3 Å². The number of rotatable bonds is 5. The number of halogens is 3. The van der Waals surface area contributed by atoms with Crippen molar-refractivity contribution in [3.05, 3.63) is 90.3 Å². The monoisotopic (exact) mass is 528 g/mol. The van der Waals surface area contributed by atoms with Crippen LogP contribution in [0.5, 0.6) is 0 Å². The van der Waals surface area contributed by atoms with E-state index in [2.05, 4.69) is 6.92 Å². The second-order valence-corrected chi connectivity index (χ2v) is 10.4. The predicted molar refractivity (Wildman–Crippen MR) is 138 cm³/mol. The molecule has 0 radical (unpaired) electrons. The molecule has 1 aliphatic rings. The summed E-state index contributed by atoms with van der Waals surface area (Å²) in [5, 5.41) is 0. The molecule has 1 amide bonds. The van der Waals surface area contributed by atoms with Gasteiger partial charge in [-0.25, -0.2) is 0 Å². The smallest absolute Gasteiger partial charge is 0.341 e. The number of nitrogens with zero attached hydrogens (tertiary/aromatic N) is 2. The van der Waals surface area contributed by atoms with E-state index in [1.807, 2.05) is 19.1 Å². The summed E-state index contributed by atoms with van der Waals surface area (Å²) < 4.78 is 40.6. The molecule has 4 rings (SSSR count). The lowest BCUT2D eigenvalue weighted by molar-refractivity contribution is -0.137. The summed E-state index contributed by atoms with van der Waals surface area (Å²) >= 11 is 1.03. The van der Waals surface area contributed by atoms with Crippen LogP contribution in [0.25, 0.3) is 12.2 Å². The second kappa shape index (κ2) is 10.9. The van der Waals surface area contributed by atoms with Gasteiger partial charge in [0.15, 0.2) is 5.78 Å². The largest absolute Gasteiger partial charge is 0.416 e. The van der Waals surface area contributed by atoms with Crippen molar-refractivity contribution in [1.29, 1.82) is 0 Å². The normalized spacial score (nSPS) is 15.9. The van der Waals surface area contributed by atoms with E-state index in [4.69, 9.17) is 0 Å². The zero-order valence-electron chi connectivity index (χ0n) is 20.5. The molecule has 1 fully saturated rings. The SMILES string of the molecule is Cc1ccccc1C(=O)/C=c1/s/c(=C\c2ccc(C(F)(F)F)cc2)c(=O)n1CC(=O)N1CCC(C)CC1. The fourth-order valence-corrected chi connectivity index (χ4v) is 5.29. The lowest BCUT2D eigenvalue weighted by Crippen LogP contribution is -2.43. The summed E-state index contributed by atoms with van der Waals surface area (Å²) in [6, 6.07) is 11.6. The highest BCUT2D eigenvalue weighted by atomic mass is 32.1. The third-order valence-corrected chi connectivity index (χ3v) is 7.63. The molecule has 5 nitrogen and oxygen atoms in total. The first-order valence-electron chi connectivity index (χ1n) is 12.0. The van der Waals surface area contributed by atoms with Crippen molar-refractivity contribution >= 4 is 35.2 Å². The quantitative estimate of drug-likeness (QED) is 0.471. The Morgan fingerprint density at radius 3 is 2.32 bits per heavy atom. The first-order valence-corrected chi connectivity index (χ1v) is 12.8. The lowest BCUT2D eigenvalue weighted by Gasteiger charge is -2.30. The number of likely N-dealkylation sites (tertiary alicyclic amines) is 1. The van der Waals surface area contributed by atoms with Crippen LogP contribution >= 0.6 is 11.3 Å². The van der Waals surface area contributed by atoms with Crippen molar-refractivity contribution in [3.8, 4) is 0 Å². The van der Waals surface area contributed by atoms with E-state index >= 15 is 0 Å². The Balaban J connectivity index is 1.75. The van der Waals surface area contributed by atoms with Gasteiger partial charge in [0.1, 0.15) is 11.2 Å². The standard InChI is InChI=1S/C28H27F3N2O3S/c1-18-11-13-32(14-12-18)25(35)17-33-26(16-23(34)22-6-4-3-5-19(22)2)37-24(27(33)36)15-20-7-9-21(10-8-20)28(29,30)31/h3-10,15-16,18H,11-14,17H2,1-2H3/b24-15-,26-16+. The minimum Gasteiger partial charge on any atom is -0.341 e. The minimum atomic E-state index is -4.46. The van der Waals surface area contributed by atoms with Crippen molar-refractivity contribution in [1.82, 2.24) is 9.47 Å². The zero-order chi connectivity index (χ0) is 26.7. The number of piperidine rings is 1. The van der Waals surface area contributed by atoms with Crippen LogP contribution in [0, 0.1) is 12.8 Å². The summed E-state index contributed by atoms with van der Waals surface area (Å²) in [6.45, 7) is 4.97. The van der Waals surface area contributed by atoms with Crippen LogP contribution in [0.1, 0.15) is 46.8 Å². The van der Waals surface area contributed by atoms with Gasteiger partial charge in [0, 0.05) is 24.7 Å². The van der Waals surface area contributed by atoms with Crippen molar-refractivity contribution < 1.29 is 22.8 Å². The van der Waals surface area contributed by atoms with E-state index in [0.717, 1.165) is 41.9 Å². The number of carbonyl (C=O) groups excluding carboxylic acids is 2. The predicted octanol–water partition coefficient (Wildman–Crippen LogP) is 3.99. The summed E-state index contributed by atoms with van der Waals surface area (Å²) in [5.74, 6) is 0.0350. The Labute approximate surface area is 216 Å². The molecule has 1 aliphatic heterocycles. The maximum absolute atomic E-state index is 13.3. The van der Waals surface area contributed by atoms with Gasteiger partial charge in [-0.2, -0.15) is 13.2 Å². The van der Waals surface area contributed by atoms with Crippen molar-refractivity contribution in [3.63, 3.8) is 0 Å². The molecular formula is C28H27F3N2O3S. The molecule has 0 N–H and O–H groups in total. The molecule has 9 heteroatoms. The molecule has 2 heterocycles. The van der Waals surface area contributed by atoms with Gasteiger partial charge in [-0.1, -0.05) is 43.3 Å². The van der Waals surface area contributed by atoms with E-state index < -0.39 is 17.3 Å². The second-order valence-electron chi connectivity index (χ2n) is 9.35. The van der Waals surface area contributed by atoms with Crippen LogP contribution < -0.4 is 14.8 Å². The number of carbonyl (C=O) groups is 2. The average Bonchev–Trinajstić information content (AvgIpc) is 3.13. The van der Waals surface area contributed by atoms with E-state index in [9.17, 15) is 27.6 Å². The molecule has 2 aromatic carbocycles. The average molecular weight is 529 g/mol. The molecule has 0 unspecified atom stereocenters. The topological polar surface area (TPSA) is 59.4 Å². The molecule has 194 valence electrons. The zero-order valence-corrected chi connectivity index (χ0v) is 21.4. The van der Waals surface area contributed by atoms with Crippen molar-refractivity contribution in [2.24, 2.45) is 5.92 Å². The highest BCUT2D eigenvalue weighted by Crippen LogP contribution is 2.29. The van der Waals surface area contributed by atoms with Crippen molar-refractivity contribution in [2.45, 2.75) is 39.4 Å². The van der Waals surface area contributed by atoms with Crippen LogP contribution in [0.2, 0.25) is 0 Å². The lowest BCUT2D eigenvalue weighted by atomic mass is 9.99. The Bertz CT molecular complexity index is 1480. The fraction of sp³-hybridized carbons (Fsp3) is 0.321. The number of ketones is 1. The van der Waals surface area contributed by atoms with E-state index in [1.165, 1.54) is 28.9 Å².